The number of rotatable bonds is 5. The summed E-state index contributed by atoms with van der Waals surface area (Å²) in [5.74, 6) is 1.27. The minimum absolute atomic E-state index is 0.225. The van der Waals surface area contributed by atoms with Crippen molar-refractivity contribution >= 4 is 0 Å². The van der Waals surface area contributed by atoms with E-state index in [4.69, 9.17) is 0 Å². The lowest BCUT2D eigenvalue weighted by Gasteiger charge is -2.30. The van der Waals surface area contributed by atoms with Crippen molar-refractivity contribution in [3.63, 3.8) is 0 Å². The molecule has 0 spiro atoms. The maximum Gasteiger partial charge on any atom is -0.0152 e. The minimum atomic E-state index is 0.225. The molecule has 0 radical (unpaired) electrons. The molecule has 0 amide bonds. The number of hydrogen-bond acceptors (Lipinski definition) is 0. The van der Waals surface area contributed by atoms with E-state index in [9.17, 15) is 0 Å². The first-order valence-electron chi connectivity index (χ1n) is 6.16. The van der Waals surface area contributed by atoms with Gasteiger partial charge in [-0.1, -0.05) is 64.1 Å². The van der Waals surface area contributed by atoms with Crippen LogP contribution in [0.2, 0.25) is 0 Å². The lowest BCUT2D eigenvalue weighted by molar-refractivity contribution is 0.276. The SMILES string of the molecule is C=CC(C)(C)[C@@H](C)C[C@H](C)c1ccccc1. The van der Waals surface area contributed by atoms with Crippen LogP contribution >= 0.6 is 0 Å². The summed E-state index contributed by atoms with van der Waals surface area (Å²) >= 11 is 0. The molecule has 0 aliphatic rings. The second kappa shape index (κ2) is 5.34. The van der Waals surface area contributed by atoms with Gasteiger partial charge in [0.25, 0.3) is 0 Å². The first-order valence-corrected chi connectivity index (χ1v) is 6.16. The van der Waals surface area contributed by atoms with Gasteiger partial charge in [0.15, 0.2) is 0 Å². The van der Waals surface area contributed by atoms with Gasteiger partial charge in [0.05, 0.1) is 0 Å². The highest BCUT2D eigenvalue weighted by atomic mass is 14.3. The number of allylic oxidation sites excluding steroid dienone is 1. The van der Waals surface area contributed by atoms with Gasteiger partial charge in [-0.05, 0) is 29.2 Å². The van der Waals surface area contributed by atoms with Gasteiger partial charge in [-0.2, -0.15) is 0 Å². The molecular formula is C16H24. The summed E-state index contributed by atoms with van der Waals surface area (Å²) in [5, 5.41) is 0. The van der Waals surface area contributed by atoms with Crippen LogP contribution in [0.25, 0.3) is 0 Å². The molecule has 88 valence electrons. The molecule has 0 heteroatoms. The number of hydrogen-bond donors (Lipinski definition) is 0. The fraction of sp³-hybridized carbons (Fsp3) is 0.500. The molecule has 2 atom stereocenters. The normalized spacial score (nSPS) is 15.5. The molecule has 0 saturated carbocycles. The third-order valence-electron chi connectivity index (χ3n) is 3.87. The smallest absolute Gasteiger partial charge is 0.0152 e. The van der Waals surface area contributed by atoms with Crippen molar-refractivity contribution in [3.8, 4) is 0 Å². The fourth-order valence-corrected chi connectivity index (χ4v) is 1.95. The van der Waals surface area contributed by atoms with Crippen molar-refractivity contribution in [2.24, 2.45) is 11.3 Å². The zero-order chi connectivity index (χ0) is 12.2. The Morgan fingerprint density at radius 3 is 2.25 bits per heavy atom. The minimum Gasteiger partial charge on any atom is -0.103 e. The largest absolute Gasteiger partial charge is 0.103 e. The number of benzene rings is 1. The molecule has 0 heterocycles. The lowest BCUT2D eigenvalue weighted by atomic mass is 9.75. The highest BCUT2D eigenvalue weighted by Gasteiger charge is 2.24. The van der Waals surface area contributed by atoms with Crippen LogP contribution in [0.15, 0.2) is 43.0 Å². The summed E-state index contributed by atoms with van der Waals surface area (Å²) in [6.45, 7) is 13.1. The van der Waals surface area contributed by atoms with Gasteiger partial charge in [0, 0.05) is 0 Å². The van der Waals surface area contributed by atoms with Crippen molar-refractivity contribution in [1.82, 2.24) is 0 Å². The van der Waals surface area contributed by atoms with E-state index in [0.29, 0.717) is 11.8 Å². The average molecular weight is 216 g/mol. The van der Waals surface area contributed by atoms with Gasteiger partial charge in [-0.15, -0.1) is 6.58 Å². The van der Waals surface area contributed by atoms with E-state index in [1.54, 1.807) is 0 Å². The molecule has 1 rings (SSSR count). The standard InChI is InChI=1S/C16H24/c1-6-16(4,5)14(3)12-13(2)15-10-8-7-9-11-15/h6-11,13-14H,1,12H2,2-5H3/t13-,14-/m0/s1. The van der Waals surface area contributed by atoms with E-state index in [1.165, 1.54) is 12.0 Å². The highest BCUT2D eigenvalue weighted by molar-refractivity contribution is 5.18. The average Bonchev–Trinajstić information content (AvgIpc) is 2.30. The molecule has 1 aromatic rings. The van der Waals surface area contributed by atoms with Gasteiger partial charge < -0.3 is 0 Å². The molecule has 16 heavy (non-hydrogen) atoms. The van der Waals surface area contributed by atoms with Crippen molar-refractivity contribution in [2.45, 2.75) is 40.0 Å². The predicted molar refractivity (Wildman–Crippen MR) is 72.6 cm³/mol. The summed E-state index contributed by atoms with van der Waals surface area (Å²) in [5.41, 5.74) is 1.66. The topological polar surface area (TPSA) is 0 Å². The molecule has 0 aliphatic carbocycles. The van der Waals surface area contributed by atoms with Crippen LogP contribution in [0.3, 0.4) is 0 Å². The van der Waals surface area contributed by atoms with Crippen molar-refractivity contribution in [2.75, 3.05) is 0 Å². The molecule has 0 bridgehead atoms. The Hall–Kier alpha value is -1.04. The molecule has 0 aliphatic heterocycles. The van der Waals surface area contributed by atoms with E-state index in [2.05, 4.69) is 70.7 Å². The molecule has 0 aromatic heterocycles. The Bertz CT molecular complexity index is 321. The van der Waals surface area contributed by atoms with Crippen molar-refractivity contribution in [3.05, 3.63) is 48.6 Å². The van der Waals surface area contributed by atoms with E-state index in [-0.39, 0.29) is 5.41 Å². The van der Waals surface area contributed by atoms with Crippen LogP contribution in [0, 0.1) is 11.3 Å². The molecule has 0 saturated heterocycles. The van der Waals surface area contributed by atoms with E-state index in [1.807, 2.05) is 0 Å². The van der Waals surface area contributed by atoms with Gasteiger partial charge in [0.2, 0.25) is 0 Å². The fourth-order valence-electron chi connectivity index (χ4n) is 1.95. The third kappa shape index (κ3) is 3.23. The maximum atomic E-state index is 3.93. The lowest BCUT2D eigenvalue weighted by Crippen LogP contribution is -2.20. The summed E-state index contributed by atoms with van der Waals surface area (Å²) in [6, 6.07) is 10.8. The van der Waals surface area contributed by atoms with Gasteiger partial charge in [-0.3, -0.25) is 0 Å². The van der Waals surface area contributed by atoms with E-state index in [0.717, 1.165) is 0 Å². The third-order valence-corrected chi connectivity index (χ3v) is 3.87. The Balaban J connectivity index is 2.65. The quantitative estimate of drug-likeness (QED) is 0.606. The second-order valence-corrected chi connectivity index (χ2v) is 5.47. The summed E-state index contributed by atoms with van der Waals surface area (Å²) in [7, 11) is 0. The first-order chi connectivity index (χ1) is 7.47. The summed E-state index contributed by atoms with van der Waals surface area (Å²) in [4.78, 5) is 0. The summed E-state index contributed by atoms with van der Waals surface area (Å²) < 4.78 is 0. The van der Waals surface area contributed by atoms with Crippen LogP contribution in [0.4, 0.5) is 0 Å². The maximum absolute atomic E-state index is 3.93. The highest BCUT2D eigenvalue weighted by Crippen LogP contribution is 2.35. The van der Waals surface area contributed by atoms with Gasteiger partial charge in [-0.25, -0.2) is 0 Å². The van der Waals surface area contributed by atoms with Crippen LogP contribution in [-0.2, 0) is 0 Å². The molecule has 0 fully saturated rings. The zero-order valence-electron chi connectivity index (χ0n) is 11.0. The van der Waals surface area contributed by atoms with E-state index < -0.39 is 0 Å². The van der Waals surface area contributed by atoms with Crippen LogP contribution in [0.5, 0.6) is 0 Å². The Labute approximate surface area is 100 Å². The van der Waals surface area contributed by atoms with Crippen LogP contribution in [0.1, 0.15) is 45.6 Å². The molecular weight excluding hydrogens is 192 g/mol. The zero-order valence-corrected chi connectivity index (χ0v) is 11.0. The molecule has 1 aromatic carbocycles. The predicted octanol–water partition coefficient (Wildman–Crippen LogP) is 5.03. The molecule has 0 unspecified atom stereocenters. The van der Waals surface area contributed by atoms with Crippen LogP contribution < -0.4 is 0 Å². The second-order valence-electron chi connectivity index (χ2n) is 5.47. The molecule has 0 nitrogen and oxygen atoms in total. The first kappa shape index (κ1) is 13.0. The van der Waals surface area contributed by atoms with Gasteiger partial charge >= 0.3 is 0 Å². The Kier molecular flexibility index (Phi) is 4.35. The Morgan fingerprint density at radius 2 is 1.75 bits per heavy atom. The van der Waals surface area contributed by atoms with Crippen molar-refractivity contribution < 1.29 is 0 Å². The Morgan fingerprint density at radius 1 is 1.19 bits per heavy atom. The molecule has 0 N–H and O–H groups in total. The van der Waals surface area contributed by atoms with Crippen LogP contribution in [-0.4, -0.2) is 0 Å². The van der Waals surface area contributed by atoms with Gasteiger partial charge in [0.1, 0.15) is 0 Å². The summed E-state index contributed by atoms with van der Waals surface area (Å²) in [6.07, 6.45) is 3.29. The van der Waals surface area contributed by atoms with E-state index >= 15 is 0 Å². The monoisotopic (exact) mass is 216 g/mol. The van der Waals surface area contributed by atoms with Crippen molar-refractivity contribution in [1.29, 1.82) is 0 Å².